The lowest BCUT2D eigenvalue weighted by molar-refractivity contribution is -0.129. The zero-order chi connectivity index (χ0) is 13.7. The Morgan fingerprint density at radius 2 is 2.11 bits per heavy atom. The summed E-state index contributed by atoms with van der Waals surface area (Å²) in [5, 5.41) is 3.21. The molecule has 0 unspecified atom stereocenters. The first-order valence-electron chi connectivity index (χ1n) is 6.51. The van der Waals surface area contributed by atoms with Crippen molar-refractivity contribution in [2.24, 2.45) is 0 Å². The van der Waals surface area contributed by atoms with Crippen LogP contribution in [-0.2, 0) is 4.79 Å². The van der Waals surface area contributed by atoms with Gasteiger partial charge in [-0.3, -0.25) is 4.79 Å². The average Bonchev–Trinajstić information content (AvgIpc) is 3.22. The van der Waals surface area contributed by atoms with Gasteiger partial charge < -0.3 is 15.0 Å². The Kier molecular flexibility index (Phi) is 5.22. The van der Waals surface area contributed by atoms with Crippen LogP contribution in [-0.4, -0.2) is 43.6 Å². The van der Waals surface area contributed by atoms with Crippen LogP contribution in [0.2, 0.25) is 0 Å². The van der Waals surface area contributed by atoms with E-state index in [2.05, 4.69) is 21.2 Å². The van der Waals surface area contributed by atoms with Crippen molar-refractivity contribution >= 4 is 21.8 Å². The van der Waals surface area contributed by atoms with Crippen molar-refractivity contribution in [2.45, 2.75) is 18.9 Å². The van der Waals surface area contributed by atoms with Crippen LogP contribution in [0.3, 0.4) is 0 Å². The third-order valence-electron chi connectivity index (χ3n) is 3.05. The number of carbonyl (C=O) groups is 1. The van der Waals surface area contributed by atoms with E-state index < -0.39 is 0 Å². The highest BCUT2D eigenvalue weighted by molar-refractivity contribution is 9.10. The number of benzene rings is 1. The van der Waals surface area contributed by atoms with Gasteiger partial charge >= 0.3 is 0 Å². The maximum absolute atomic E-state index is 11.8. The lowest BCUT2D eigenvalue weighted by Crippen LogP contribution is -2.38. The fourth-order valence-corrected chi connectivity index (χ4v) is 1.87. The van der Waals surface area contributed by atoms with E-state index in [0.29, 0.717) is 25.7 Å². The highest BCUT2D eigenvalue weighted by Crippen LogP contribution is 2.18. The van der Waals surface area contributed by atoms with E-state index in [0.717, 1.165) is 10.2 Å². The van der Waals surface area contributed by atoms with Gasteiger partial charge in [0.05, 0.1) is 13.1 Å². The van der Waals surface area contributed by atoms with E-state index in [9.17, 15) is 4.79 Å². The van der Waals surface area contributed by atoms with E-state index in [4.69, 9.17) is 4.74 Å². The van der Waals surface area contributed by atoms with Crippen LogP contribution >= 0.6 is 15.9 Å². The van der Waals surface area contributed by atoms with Crippen molar-refractivity contribution in [2.75, 3.05) is 26.7 Å². The van der Waals surface area contributed by atoms with Crippen LogP contribution in [0.5, 0.6) is 5.75 Å². The summed E-state index contributed by atoms with van der Waals surface area (Å²) in [4.78, 5) is 13.5. The summed E-state index contributed by atoms with van der Waals surface area (Å²) in [6.45, 7) is 1.54. The molecular weight excluding hydrogens is 308 g/mol. The molecule has 0 radical (unpaired) electrons. The van der Waals surface area contributed by atoms with E-state index in [1.54, 1.807) is 4.90 Å². The molecule has 1 aromatic rings. The predicted molar refractivity (Wildman–Crippen MR) is 78.3 cm³/mol. The van der Waals surface area contributed by atoms with E-state index in [1.807, 2.05) is 31.3 Å². The molecule has 0 aromatic heterocycles. The molecule has 1 N–H and O–H groups in total. The molecule has 104 valence electrons. The summed E-state index contributed by atoms with van der Waals surface area (Å²) >= 11 is 3.37. The molecule has 19 heavy (non-hydrogen) atoms. The number of amides is 1. The van der Waals surface area contributed by atoms with Crippen LogP contribution in [0.1, 0.15) is 12.8 Å². The minimum Gasteiger partial charge on any atom is -0.492 e. The van der Waals surface area contributed by atoms with Crippen molar-refractivity contribution in [3.8, 4) is 5.75 Å². The maximum Gasteiger partial charge on any atom is 0.236 e. The van der Waals surface area contributed by atoms with Crippen LogP contribution in [0.15, 0.2) is 28.7 Å². The smallest absolute Gasteiger partial charge is 0.236 e. The Labute approximate surface area is 122 Å². The highest BCUT2D eigenvalue weighted by atomic mass is 79.9. The lowest BCUT2D eigenvalue weighted by atomic mass is 10.3. The number of rotatable bonds is 7. The Bertz CT molecular complexity index is 418. The third kappa shape index (κ3) is 5.20. The Morgan fingerprint density at radius 1 is 1.42 bits per heavy atom. The molecule has 1 aromatic carbocycles. The topological polar surface area (TPSA) is 41.6 Å². The molecule has 1 aliphatic rings. The highest BCUT2D eigenvalue weighted by Gasteiger charge is 2.21. The first-order chi connectivity index (χ1) is 9.15. The van der Waals surface area contributed by atoms with Gasteiger partial charge in [0.25, 0.3) is 0 Å². The van der Waals surface area contributed by atoms with Crippen LogP contribution < -0.4 is 10.1 Å². The molecule has 0 atom stereocenters. The molecule has 1 amide bonds. The molecule has 2 rings (SSSR count). The minimum absolute atomic E-state index is 0.117. The summed E-state index contributed by atoms with van der Waals surface area (Å²) in [6.07, 6.45) is 2.40. The van der Waals surface area contributed by atoms with Gasteiger partial charge in [0.15, 0.2) is 0 Å². The van der Waals surface area contributed by atoms with Crippen molar-refractivity contribution < 1.29 is 9.53 Å². The molecule has 0 saturated heterocycles. The van der Waals surface area contributed by atoms with E-state index in [-0.39, 0.29) is 5.91 Å². The first-order valence-corrected chi connectivity index (χ1v) is 7.30. The second kappa shape index (κ2) is 6.91. The first kappa shape index (κ1) is 14.3. The lowest BCUT2D eigenvalue weighted by Gasteiger charge is -2.17. The molecular formula is C14H19BrN2O2. The number of hydrogen-bond donors (Lipinski definition) is 1. The summed E-state index contributed by atoms with van der Waals surface area (Å²) < 4.78 is 6.61. The zero-order valence-corrected chi connectivity index (χ0v) is 12.6. The van der Waals surface area contributed by atoms with Crippen LogP contribution in [0.4, 0.5) is 0 Å². The quantitative estimate of drug-likeness (QED) is 0.833. The zero-order valence-electron chi connectivity index (χ0n) is 11.1. The Balaban J connectivity index is 1.63. The predicted octanol–water partition coefficient (Wildman–Crippen LogP) is 2.04. The third-order valence-corrected chi connectivity index (χ3v) is 3.58. The number of hydrogen-bond acceptors (Lipinski definition) is 3. The molecule has 1 aliphatic carbocycles. The standard InChI is InChI=1S/C14H19BrN2O2/c1-17(14(18)10-16-12-4-5-12)8-9-19-13-6-2-11(15)3-7-13/h2-3,6-7,12,16H,4-5,8-10H2,1H3. The number of nitrogens with zero attached hydrogens (tertiary/aromatic N) is 1. The summed E-state index contributed by atoms with van der Waals surface area (Å²) in [6, 6.07) is 8.24. The van der Waals surface area contributed by atoms with Crippen LogP contribution in [0, 0.1) is 0 Å². The van der Waals surface area contributed by atoms with Gasteiger partial charge in [-0.05, 0) is 37.1 Å². The Hall–Kier alpha value is -1.07. The molecule has 0 heterocycles. The number of ether oxygens (including phenoxy) is 1. The second-order valence-corrected chi connectivity index (χ2v) is 5.69. The molecule has 0 bridgehead atoms. The van der Waals surface area contributed by atoms with Crippen LogP contribution in [0.25, 0.3) is 0 Å². The molecule has 0 spiro atoms. The van der Waals surface area contributed by atoms with Crippen molar-refractivity contribution in [1.29, 1.82) is 0 Å². The SMILES string of the molecule is CN(CCOc1ccc(Br)cc1)C(=O)CNC1CC1. The number of carbonyl (C=O) groups excluding carboxylic acids is 1. The maximum atomic E-state index is 11.8. The van der Waals surface area contributed by atoms with Gasteiger partial charge in [-0.2, -0.15) is 0 Å². The monoisotopic (exact) mass is 326 g/mol. The van der Waals surface area contributed by atoms with Crippen molar-refractivity contribution in [3.63, 3.8) is 0 Å². The summed E-state index contributed by atoms with van der Waals surface area (Å²) in [5.74, 6) is 0.937. The van der Waals surface area contributed by atoms with Crippen molar-refractivity contribution in [1.82, 2.24) is 10.2 Å². The van der Waals surface area contributed by atoms with Gasteiger partial charge in [0, 0.05) is 17.6 Å². The normalized spacial score (nSPS) is 14.2. The van der Waals surface area contributed by atoms with Gasteiger partial charge in [-0.1, -0.05) is 15.9 Å². The largest absolute Gasteiger partial charge is 0.492 e. The number of nitrogens with one attached hydrogen (secondary N) is 1. The number of halogens is 1. The van der Waals surface area contributed by atoms with Gasteiger partial charge in [0.1, 0.15) is 12.4 Å². The average molecular weight is 327 g/mol. The van der Waals surface area contributed by atoms with Gasteiger partial charge in [-0.15, -0.1) is 0 Å². The summed E-state index contributed by atoms with van der Waals surface area (Å²) in [5.41, 5.74) is 0. The molecule has 5 heteroatoms. The van der Waals surface area contributed by atoms with E-state index in [1.165, 1.54) is 12.8 Å². The number of likely N-dealkylation sites (N-methyl/N-ethyl adjacent to an activating group) is 1. The Morgan fingerprint density at radius 3 is 2.74 bits per heavy atom. The van der Waals surface area contributed by atoms with E-state index >= 15 is 0 Å². The minimum atomic E-state index is 0.117. The van der Waals surface area contributed by atoms with Crippen molar-refractivity contribution in [3.05, 3.63) is 28.7 Å². The molecule has 4 nitrogen and oxygen atoms in total. The van der Waals surface area contributed by atoms with Gasteiger partial charge in [-0.25, -0.2) is 0 Å². The second-order valence-electron chi connectivity index (χ2n) is 4.77. The fourth-order valence-electron chi connectivity index (χ4n) is 1.61. The molecule has 1 saturated carbocycles. The molecule has 1 fully saturated rings. The summed E-state index contributed by atoms with van der Waals surface area (Å²) in [7, 11) is 1.81. The fraction of sp³-hybridized carbons (Fsp3) is 0.500. The van der Waals surface area contributed by atoms with Gasteiger partial charge in [0.2, 0.25) is 5.91 Å². The molecule has 0 aliphatic heterocycles.